The predicted octanol–water partition coefficient (Wildman–Crippen LogP) is 5.44. The Morgan fingerprint density at radius 3 is 2.76 bits per heavy atom. The molecule has 6 nitrogen and oxygen atoms in total. The summed E-state index contributed by atoms with van der Waals surface area (Å²) in [6.45, 7) is 2.33. The maximum Gasteiger partial charge on any atom is 0.264 e. The van der Waals surface area contributed by atoms with Gasteiger partial charge in [-0.2, -0.15) is 0 Å². The molecule has 2 amide bonds. The number of carbonyl (C=O) groups excluding carboxylic acids is 2. The van der Waals surface area contributed by atoms with Gasteiger partial charge in [-0.25, -0.2) is 4.39 Å². The van der Waals surface area contributed by atoms with E-state index in [4.69, 9.17) is 21.1 Å². The van der Waals surface area contributed by atoms with Gasteiger partial charge in [0.15, 0.2) is 6.10 Å². The highest BCUT2D eigenvalue weighted by Gasteiger charge is 2.30. The summed E-state index contributed by atoms with van der Waals surface area (Å²) in [7, 11) is 1.54. The number of nitrogens with one attached hydrogen (secondary N) is 1. The summed E-state index contributed by atoms with van der Waals surface area (Å²) in [6.07, 6.45) is -0.169. The van der Waals surface area contributed by atoms with Gasteiger partial charge in [0.25, 0.3) is 11.8 Å². The van der Waals surface area contributed by atoms with Gasteiger partial charge in [0.05, 0.1) is 7.11 Å². The third-order valence-corrected chi connectivity index (χ3v) is 5.97. The van der Waals surface area contributed by atoms with Crippen molar-refractivity contribution in [1.29, 1.82) is 0 Å². The summed E-state index contributed by atoms with van der Waals surface area (Å²) in [5.74, 6) is 0.258. The Morgan fingerprint density at radius 2 is 2.03 bits per heavy atom. The van der Waals surface area contributed by atoms with E-state index in [1.807, 2.05) is 6.92 Å². The number of fused-ring (bicyclic) bond motifs is 1. The lowest BCUT2D eigenvalue weighted by Crippen LogP contribution is -2.38. The second-order valence-electron chi connectivity index (χ2n) is 7.95. The maximum atomic E-state index is 13.5. The molecule has 8 heteroatoms. The number of nitrogens with zero attached hydrogens (tertiary/aromatic N) is 1. The Labute approximate surface area is 202 Å². The summed E-state index contributed by atoms with van der Waals surface area (Å²) in [5.41, 5.74) is 2.40. The number of amides is 2. The molecule has 0 aromatic heterocycles. The molecule has 3 aromatic carbocycles. The van der Waals surface area contributed by atoms with E-state index < -0.39 is 11.9 Å². The lowest BCUT2D eigenvalue weighted by molar-refractivity contribution is -0.139. The van der Waals surface area contributed by atoms with Crippen molar-refractivity contribution < 1.29 is 23.5 Å². The monoisotopic (exact) mass is 482 g/mol. The Kier molecular flexibility index (Phi) is 7.03. The number of hydrogen-bond donors (Lipinski definition) is 1. The molecule has 1 N–H and O–H groups in total. The van der Waals surface area contributed by atoms with Crippen LogP contribution in [0, 0.1) is 5.82 Å². The van der Waals surface area contributed by atoms with Gasteiger partial charge in [0.2, 0.25) is 0 Å². The third-order valence-electron chi connectivity index (χ3n) is 5.61. The summed E-state index contributed by atoms with van der Waals surface area (Å²) in [6, 6.07) is 16.3. The highest BCUT2D eigenvalue weighted by molar-refractivity contribution is 6.31. The van der Waals surface area contributed by atoms with E-state index in [1.54, 1.807) is 60.5 Å². The van der Waals surface area contributed by atoms with Gasteiger partial charge in [-0.15, -0.1) is 0 Å². The Morgan fingerprint density at radius 1 is 1.21 bits per heavy atom. The first-order valence-electron chi connectivity index (χ1n) is 10.9. The zero-order valence-electron chi connectivity index (χ0n) is 18.8. The molecule has 0 fully saturated rings. The largest absolute Gasteiger partial charge is 0.497 e. The first-order valence-corrected chi connectivity index (χ1v) is 11.2. The van der Waals surface area contributed by atoms with Gasteiger partial charge < -0.3 is 19.7 Å². The van der Waals surface area contributed by atoms with Crippen LogP contribution in [-0.4, -0.2) is 29.9 Å². The van der Waals surface area contributed by atoms with E-state index >= 15 is 0 Å². The SMILES string of the molecule is CCC1Oc2ccc(NC(=O)c3cccc(OC)c3)cc2CN(Cc2ccc(F)cc2Cl)C1=O. The molecule has 0 aliphatic carbocycles. The summed E-state index contributed by atoms with van der Waals surface area (Å²) in [5, 5.41) is 3.14. The fraction of sp³-hybridized carbons (Fsp3) is 0.231. The number of benzene rings is 3. The maximum absolute atomic E-state index is 13.5. The Hall–Kier alpha value is -3.58. The molecule has 0 spiro atoms. The second kappa shape index (κ2) is 10.1. The lowest BCUT2D eigenvalue weighted by atomic mass is 10.1. The van der Waals surface area contributed by atoms with Gasteiger partial charge in [0, 0.05) is 34.9 Å². The van der Waals surface area contributed by atoms with E-state index in [0.717, 1.165) is 5.56 Å². The van der Waals surface area contributed by atoms with E-state index in [2.05, 4.69) is 5.32 Å². The van der Waals surface area contributed by atoms with Gasteiger partial charge in [-0.3, -0.25) is 9.59 Å². The molecule has 1 unspecified atom stereocenters. The number of hydrogen-bond acceptors (Lipinski definition) is 4. The quantitative estimate of drug-likeness (QED) is 0.508. The highest BCUT2D eigenvalue weighted by Crippen LogP contribution is 2.31. The van der Waals surface area contributed by atoms with Gasteiger partial charge in [-0.05, 0) is 60.5 Å². The van der Waals surface area contributed by atoms with Crippen LogP contribution < -0.4 is 14.8 Å². The third kappa shape index (κ3) is 5.15. The van der Waals surface area contributed by atoms with Crippen LogP contribution >= 0.6 is 11.6 Å². The smallest absolute Gasteiger partial charge is 0.264 e. The standard InChI is InChI=1S/C26H24ClFN2O4/c1-3-23-26(32)30(14-17-7-8-19(28)13-22(17)27)15-18-11-20(9-10-24(18)34-23)29-25(31)16-5-4-6-21(12-16)33-2/h4-13,23H,3,14-15H2,1-2H3,(H,29,31). The summed E-state index contributed by atoms with van der Waals surface area (Å²) < 4.78 is 24.7. The van der Waals surface area contributed by atoms with Crippen molar-refractivity contribution in [3.05, 3.63) is 88.2 Å². The molecule has 176 valence electrons. The number of anilines is 1. The van der Waals surface area contributed by atoms with E-state index in [9.17, 15) is 14.0 Å². The first kappa shape index (κ1) is 23.6. The van der Waals surface area contributed by atoms with E-state index in [1.165, 1.54) is 12.1 Å². The molecule has 1 atom stereocenters. The van der Waals surface area contributed by atoms with Crippen molar-refractivity contribution in [2.45, 2.75) is 32.5 Å². The molecule has 0 radical (unpaired) electrons. The van der Waals surface area contributed by atoms with Crippen LogP contribution in [0.3, 0.4) is 0 Å². The molecule has 0 saturated carbocycles. The van der Waals surface area contributed by atoms with Crippen molar-refractivity contribution in [2.24, 2.45) is 0 Å². The molecule has 0 saturated heterocycles. The van der Waals surface area contributed by atoms with Crippen molar-refractivity contribution in [2.75, 3.05) is 12.4 Å². The minimum Gasteiger partial charge on any atom is -0.497 e. The van der Waals surface area contributed by atoms with Gasteiger partial charge in [-0.1, -0.05) is 30.7 Å². The fourth-order valence-electron chi connectivity index (χ4n) is 3.80. The molecular weight excluding hydrogens is 459 g/mol. The second-order valence-corrected chi connectivity index (χ2v) is 8.36. The molecule has 0 bridgehead atoms. The molecule has 3 aromatic rings. The zero-order valence-corrected chi connectivity index (χ0v) is 19.6. The zero-order chi connectivity index (χ0) is 24.2. The van der Waals surface area contributed by atoms with E-state index in [0.29, 0.717) is 34.7 Å². The lowest BCUT2D eigenvalue weighted by Gasteiger charge is -2.23. The van der Waals surface area contributed by atoms with Crippen LogP contribution in [0.5, 0.6) is 11.5 Å². The Bertz CT molecular complexity index is 1230. The van der Waals surface area contributed by atoms with Crippen molar-refractivity contribution >= 4 is 29.1 Å². The molecule has 1 aliphatic heterocycles. The summed E-state index contributed by atoms with van der Waals surface area (Å²) >= 11 is 6.20. The number of ether oxygens (including phenoxy) is 2. The van der Waals surface area contributed by atoms with Crippen molar-refractivity contribution in [3.8, 4) is 11.5 Å². The van der Waals surface area contributed by atoms with Crippen LogP contribution in [-0.2, 0) is 17.9 Å². The van der Waals surface area contributed by atoms with E-state index in [-0.39, 0.29) is 29.9 Å². The van der Waals surface area contributed by atoms with Crippen LogP contribution in [0.25, 0.3) is 0 Å². The number of halogens is 2. The predicted molar refractivity (Wildman–Crippen MR) is 128 cm³/mol. The molecule has 1 aliphatic rings. The number of carbonyl (C=O) groups is 2. The van der Waals surface area contributed by atoms with Crippen LogP contribution in [0.2, 0.25) is 5.02 Å². The minimum absolute atomic E-state index is 0.180. The molecule has 34 heavy (non-hydrogen) atoms. The highest BCUT2D eigenvalue weighted by atomic mass is 35.5. The molecular formula is C26H24ClFN2O4. The summed E-state index contributed by atoms with van der Waals surface area (Å²) in [4.78, 5) is 27.5. The first-order chi connectivity index (χ1) is 16.4. The average molecular weight is 483 g/mol. The average Bonchev–Trinajstić information content (AvgIpc) is 2.96. The normalized spacial score (nSPS) is 15.2. The number of rotatable bonds is 6. The van der Waals surface area contributed by atoms with Crippen LogP contribution in [0.1, 0.15) is 34.8 Å². The minimum atomic E-state index is -0.655. The van der Waals surface area contributed by atoms with Crippen LogP contribution in [0.15, 0.2) is 60.7 Å². The van der Waals surface area contributed by atoms with Crippen molar-refractivity contribution in [1.82, 2.24) is 4.90 Å². The topological polar surface area (TPSA) is 67.9 Å². The molecule has 4 rings (SSSR count). The van der Waals surface area contributed by atoms with Crippen molar-refractivity contribution in [3.63, 3.8) is 0 Å². The van der Waals surface area contributed by atoms with Gasteiger partial charge >= 0.3 is 0 Å². The van der Waals surface area contributed by atoms with Gasteiger partial charge in [0.1, 0.15) is 17.3 Å². The molecule has 1 heterocycles. The van der Waals surface area contributed by atoms with Crippen LogP contribution in [0.4, 0.5) is 10.1 Å². The number of methoxy groups -OCH3 is 1. The fourth-order valence-corrected chi connectivity index (χ4v) is 4.03. The Balaban J connectivity index is 1.59.